The van der Waals surface area contributed by atoms with Crippen molar-refractivity contribution in [1.82, 2.24) is 4.31 Å². The molecule has 0 radical (unpaired) electrons. The van der Waals surface area contributed by atoms with Crippen molar-refractivity contribution in [3.63, 3.8) is 0 Å². The van der Waals surface area contributed by atoms with Crippen LogP contribution >= 0.6 is 0 Å². The second-order valence-corrected chi connectivity index (χ2v) is 7.68. The summed E-state index contributed by atoms with van der Waals surface area (Å²) in [5.41, 5.74) is 2.66. The highest BCUT2D eigenvalue weighted by molar-refractivity contribution is 7.88. The summed E-state index contributed by atoms with van der Waals surface area (Å²) in [6.07, 6.45) is 1.69. The highest BCUT2D eigenvalue weighted by Gasteiger charge is 2.20. The second-order valence-electron chi connectivity index (χ2n) is 5.70. The van der Waals surface area contributed by atoms with Crippen LogP contribution in [0.15, 0.2) is 54.6 Å². The molecule has 0 aliphatic carbocycles. The molecule has 0 atom stereocenters. The molecule has 0 saturated heterocycles. The van der Waals surface area contributed by atoms with Crippen LogP contribution in [0.3, 0.4) is 0 Å². The summed E-state index contributed by atoms with van der Waals surface area (Å²) < 4.78 is 25.1. The summed E-state index contributed by atoms with van der Waals surface area (Å²) in [4.78, 5) is 12.2. The Balaban J connectivity index is 2.01. The summed E-state index contributed by atoms with van der Waals surface area (Å²) in [7, 11) is -3.46. The van der Waals surface area contributed by atoms with Gasteiger partial charge in [0, 0.05) is 12.2 Å². The molecule has 2 rings (SSSR count). The molecular formula is C18H22N2O3S. The summed E-state index contributed by atoms with van der Waals surface area (Å²) in [6, 6.07) is 17.0. The van der Waals surface area contributed by atoms with Crippen LogP contribution in [0.1, 0.15) is 11.1 Å². The third-order valence-corrected chi connectivity index (χ3v) is 4.95. The van der Waals surface area contributed by atoms with Crippen molar-refractivity contribution in [1.29, 1.82) is 0 Å². The normalized spacial score (nSPS) is 11.5. The smallest absolute Gasteiger partial charge is 0.239 e. The minimum atomic E-state index is -3.46. The second kappa shape index (κ2) is 8.08. The van der Waals surface area contributed by atoms with Gasteiger partial charge < -0.3 is 5.32 Å². The van der Waals surface area contributed by atoms with E-state index in [-0.39, 0.29) is 19.0 Å². The molecule has 0 unspecified atom stereocenters. The van der Waals surface area contributed by atoms with Crippen molar-refractivity contribution in [2.45, 2.75) is 13.3 Å². The van der Waals surface area contributed by atoms with Gasteiger partial charge in [-0.15, -0.1) is 0 Å². The lowest BCUT2D eigenvalue weighted by Crippen LogP contribution is -2.38. The first kappa shape index (κ1) is 18.2. The van der Waals surface area contributed by atoms with Gasteiger partial charge in [0.05, 0.1) is 12.8 Å². The molecule has 0 aliphatic rings. The molecule has 0 heterocycles. The van der Waals surface area contributed by atoms with Crippen LogP contribution < -0.4 is 5.32 Å². The van der Waals surface area contributed by atoms with Crippen LogP contribution in [0.2, 0.25) is 0 Å². The van der Waals surface area contributed by atoms with Crippen molar-refractivity contribution in [3.05, 3.63) is 65.7 Å². The van der Waals surface area contributed by atoms with E-state index in [1.807, 2.05) is 55.5 Å². The van der Waals surface area contributed by atoms with E-state index in [9.17, 15) is 13.2 Å². The van der Waals surface area contributed by atoms with Crippen molar-refractivity contribution >= 4 is 21.6 Å². The quantitative estimate of drug-likeness (QED) is 0.837. The number of para-hydroxylation sites is 1. The highest BCUT2D eigenvalue weighted by atomic mass is 32.2. The summed E-state index contributed by atoms with van der Waals surface area (Å²) >= 11 is 0. The van der Waals surface area contributed by atoms with Gasteiger partial charge in [-0.3, -0.25) is 4.79 Å². The van der Waals surface area contributed by atoms with Crippen molar-refractivity contribution in [2.75, 3.05) is 24.7 Å². The number of nitrogens with zero attached hydrogens (tertiary/aromatic N) is 1. The van der Waals surface area contributed by atoms with Crippen molar-refractivity contribution < 1.29 is 13.2 Å². The maximum atomic E-state index is 12.2. The first-order valence-corrected chi connectivity index (χ1v) is 9.55. The van der Waals surface area contributed by atoms with E-state index in [4.69, 9.17) is 0 Å². The molecular weight excluding hydrogens is 324 g/mol. The molecule has 0 fully saturated rings. The maximum absolute atomic E-state index is 12.2. The van der Waals surface area contributed by atoms with E-state index in [0.717, 1.165) is 17.4 Å². The molecule has 1 N–H and O–H groups in total. The monoisotopic (exact) mass is 346 g/mol. The molecule has 0 spiro atoms. The van der Waals surface area contributed by atoms with Gasteiger partial charge in [-0.2, -0.15) is 4.31 Å². The predicted molar refractivity (Wildman–Crippen MR) is 96.4 cm³/mol. The zero-order valence-corrected chi connectivity index (χ0v) is 14.7. The number of amides is 1. The Morgan fingerprint density at radius 3 is 2.29 bits per heavy atom. The van der Waals surface area contributed by atoms with E-state index in [0.29, 0.717) is 12.1 Å². The zero-order valence-electron chi connectivity index (χ0n) is 13.9. The molecule has 5 nitrogen and oxygen atoms in total. The van der Waals surface area contributed by atoms with Gasteiger partial charge in [0.25, 0.3) is 0 Å². The maximum Gasteiger partial charge on any atom is 0.239 e. The molecule has 2 aromatic rings. The number of hydrogen-bond donors (Lipinski definition) is 1. The molecule has 1 amide bonds. The highest BCUT2D eigenvalue weighted by Crippen LogP contribution is 2.13. The average Bonchev–Trinajstić information content (AvgIpc) is 2.53. The Hall–Kier alpha value is -2.18. The fourth-order valence-electron chi connectivity index (χ4n) is 2.32. The van der Waals surface area contributed by atoms with E-state index in [2.05, 4.69) is 5.32 Å². The topological polar surface area (TPSA) is 66.5 Å². The Labute approximate surface area is 143 Å². The largest absolute Gasteiger partial charge is 0.325 e. The molecule has 0 aliphatic heterocycles. The standard InChI is InChI=1S/C18H22N2O3S/c1-15-8-6-7-11-17(15)19-18(21)14-20(24(2,22)23)13-12-16-9-4-3-5-10-16/h3-11H,12-14H2,1-2H3,(H,19,21). The molecule has 24 heavy (non-hydrogen) atoms. The minimum absolute atomic E-state index is 0.194. The number of aryl methyl sites for hydroxylation is 1. The van der Waals surface area contributed by atoms with E-state index >= 15 is 0 Å². The number of hydrogen-bond acceptors (Lipinski definition) is 3. The molecule has 0 aromatic heterocycles. The lowest BCUT2D eigenvalue weighted by Gasteiger charge is -2.20. The van der Waals surface area contributed by atoms with Crippen molar-refractivity contribution in [3.8, 4) is 0 Å². The van der Waals surface area contributed by atoms with Crippen LogP contribution in [0.25, 0.3) is 0 Å². The first-order valence-electron chi connectivity index (χ1n) is 7.71. The number of carbonyl (C=O) groups is 1. The Morgan fingerprint density at radius 1 is 1.04 bits per heavy atom. The number of rotatable bonds is 7. The lowest BCUT2D eigenvalue weighted by molar-refractivity contribution is -0.116. The van der Waals surface area contributed by atoms with Gasteiger partial charge in [-0.05, 0) is 30.5 Å². The summed E-state index contributed by atoms with van der Waals surface area (Å²) in [6.45, 7) is 1.96. The Kier molecular flexibility index (Phi) is 6.11. The van der Waals surface area contributed by atoms with Gasteiger partial charge in [0.2, 0.25) is 15.9 Å². The third-order valence-electron chi connectivity index (χ3n) is 3.70. The number of carbonyl (C=O) groups excluding carboxylic acids is 1. The van der Waals surface area contributed by atoms with Crippen LogP contribution in [0, 0.1) is 6.92 Å². The number of nitrogens with one attached hydrogen (secondary N) is 1. The van der Waals surface area contributed by atoms with Crippen molar-refractivity contribution in [2.24, 2.45) is 0 Å². The molecule has 0 bridgehead atoms. The van der Waals surface area contributed by atoms with Crippen LogP contribution in [-0.4, -0.2) is 38.0 Å². The minimum Gasteiger partial charge on any atom is -0.325 e. The summed E-state index contributed by atoms with van der Waals surface area (Å²) in [5.74, 6) is -0.345. The van der Waals surface area contributed by atoms with E-state index in [1.165, 1.54) is 4.31 Å². The fraction of sp³-hybridized carbons (Fsp3) is 0.278. The van der Waals surface area contributed by atoms with Gasteiger partial charge in [0.1, 0.15) is 0 Å². The molecule has 2 aromatic carbocycles. The van der Waals surface area contributed by atoms with E-state index < -0.39 is 10.0 Å². The molecule has 6 heteroatoms. The van der Waals surface area contributed by atoms with Gasteiger partial charge >= 0.3 is 0 Å². The fourth-order valence-corrected chi connectivity index (χ4v) is 3.10. The Bertz CT molecular complexity index is 789. The Morgan fingerprint density at radius 2 is 1.67 bits per heavy atom. The summed E-state index contributed by atoms with van der Waals surface area (Å²) in [5, 5.41) is 2.77. The zero-order chi connectivity index (χ0) is 17.6. The SMILES string of the molecule is Cc1ccccc1NC(=O)CN(CCc1ccccc1)S(C)(=O)=O. The number of sulfonamides is 1. The number of anilines is 1. The van der Waals surface area contributed by atoms with Crippen LogP contribution in [0.5, 0.6) is 0 Å². The van der Waals surface area contributed by atoms with Gasteiger partial charge in [0.15, 0.2) is 0 Å². The molecule has 128 valence electrons. The lowest BCUT2D eigenvalue weighted by atomic mass is 10.1. The van der Waals surface area contributed by atoms with Gasteiger partial charge in [-0.25, -0.2) is 8.42 Å². The van der Waals surface area contributed by atoms with Crippen LogP contribution in [-0.2, 0) is 21.2 Å². The number of benzene rings is 2. The van der Waals surface area contributed by atoms with Gasteiger partial charge in [-0.1, -0.05) is 48.5 Å². The predicted octanol–water partition coefficient (Wildman–Crippen LogP) is 2.44. The molecule has 0 saturated carbocycles. The average molecular weight is 346 g/mol. The van der Waals surface area contributed by atoms with Crippen LogP contribution in [0.4, 0.5) is 5.69 Å². The van der Waals surface area contributed by atoms with E-state index in [1.54, 1.807) is 6.07 Å². The first-order chi connectivity index (χ1) is 11.4. The third kappa shape index (κ3) is 5.47.